The fourth-order valence-electron chi connectivity index (χ4n) is 1.97. The Balaban J connectivity index is 1.91. The van der Waals surface area contributed by atoms with E-state index < -0.39 is 0 Å². The van der Waals surface area contributed by atoms with E-state index in [2.05, 4.69) is 10.6 Å². The minimum absolute atomic E-state index is 0.139. The van der Waals surface area contributed by atoms with Crippen LogP contribution >= 0.6 is 11.3 Å². The fourth-order valence-corrected chi connectivity index (χ4v) is 2.90. The van der Waals surface area contributed by atoms with E-state index in [0.29, 0.717) is 10.6 Å². The summed E-state index contributed by atoms with van der Waals surface area (Å²) in [5.41, 5.74) is 6.32. The predicted octanol–water partition coefficient (Wildman–Crippen LogP) is 1.67. The Kier molecular flexibility index (Phi) is 4.43. The molecule has 5 nitrogen and oxygen atoms in total. The van der Waals surface area contributed by atoms with E-state index in [-0.39, 0.29) is 12.0 Å². The van der Waals surface area contributed by atoms with Gasteiger partial charge in [-0.3, -0.25) is 4.79 Å². The number of nitrogens with two attached hydrogens (primary N) is 1. The average Bonchev–Trinajstić information content (AvgIpc) is 2.78. The first kappa shape index (κ1) is 13.2. The van der Waals surface area contributed by atoms with Crippen molar-refractivity contribution in [3.05, 3.63) is 10.9 Å². The van der Waals surface area contributed by atoms with E-state index in [1.54, 1.807) is 13.1 Å². The zero-order chi connectivity index (χ0) is 13.0. The van der Waals surface area contributed by atoms with Crippen molar-refractivity contribution in [2.75, 3.05) is 31.2 Å². The van der Waals surface area contributed by atoms with Crippen molar-refractivity contribution in [2.24, 2.45) is 0 Å². The van der Waals surface area contributed by atoms with E-state index >= 15 is 0 Å². The minimum atomic E-state index is -0.139. The third-order valence-electron chi connectivity index (χ3n) is 2.97. The fraction of sp³-hybridized carbons (Fsp3) is 0.583. The zero-order valence-electron chi connectivity index (χ0n) is 10.5. The van der Waals surface area contributed by atoms with Gasteiger partial charge in [0, 0.05) is 20.2 Å². The summed E-state index contributed by atoms with van der Waals surface area (Å²) in [6.45, 7) is 1.62. The number of rotatable bonds is 4. The number of hydrogen-bond acceptors (Lipinski definition) is 5. The van der Waals surface area contributed by atoms with E-state index in [1.807, 2.05) is 0 Å². The molecule has 100 valence electrons. The summed E-state index contributed by atoms with van der Waals surface area (Å²) in [5.74, 6) is -0.139. The molecule has 1 saturated heterocycles. The summed E-state index contributed by atoms with van der Waals surface area (Å²) in [7, 11) is 1.60. The van der Waals surface area contributed by atoms with E-state index in [0.717, 1.165) is 31.0 Å². The standard InChI is InChI=1S/C12H19N3O2S/c1-14-12(16)11-9(13)6-10(18-11)15-7-8-4-2-3-5-17-8/h6,8,15H,2-5,7,13H2,1H3,(H,14,16). The van der Waals surface area contributed by atoms with Crippen LogP contribution in [0.4, 0.5) is 10.7 Å². The van der Waals surface area contributed by atoms with Crippen LogP contribution < -0.4 is 16.4 Å². The van der Waals surface area contributed by atoms with E-state index in [1.165, 1.54) is 17.8 Å². The number of thiophene rings is 1. The number of anilines is 2. The highest BCUT2D eigenvalue weighted by Crippen LogP contribution is 2.29. The summed E-state index contributed by atoms with van der Waals surface area (Å²) >= 11 is 1.38. The van der Waals surface area contributed by atoms with E-state index in [4.69, 9.17) is 10.5 Å². The van der Waals surface area contributed by atoms with Crippen LogP contribution in [0.1, 0.15) is 28.9 Å². The van der Waals surface area contributed by atoms with Gasteiger partial charge in [0.25, 0.3) is 5.91 Å². The smallest absolute Gasteiger partial charge is 0.263 e. The van der Waals surface area contributed by atoms with Crippen LogP contribution in [0.15, 0.2) is 6.07 Å². The Morgan fingerprint density at radius 3 is 3.11 bits per heavy atom. The molecule has 0 spiro atoms. The number of nitrogen functional groups attached to an aromatic ring is 1. The maximum atomic E-state index is 11.5. The molecule has 4 N–H and O–H groups in total. The second-order valence-electron chi connectivity index (χ2n) is 4.34. The van der Waals surface area contributed by atoms with Crippen molar-refractivity contribution in [3.63, 3.8) is 0 Å². The topological polar surface area (TPSA) is 76.4 Å². The van der Waals surface area contributed by atoms with Gasteiger partial charge in [0.2, 0.25) is 0 Å². The molecule has 1 amide bonds. The highest BCUT2D eigenvalue weighted by Gasteiger charge is 2.16. The Morgan fingerprint density at radius 2 is 2.44 bits per heavy atom. The number of carbonyl (C=O) groups excluding carboxylic acids is 1. The lowest BCUT2D eigenvalue weighted by Gasteiger charge is -2.22. The molecule has 1 fully saturated rings. The summed E-state index contributed by atoms with van der Waals surface area (Å²) in [5, 5.41) is 6.78. The van der Waals surface area contributed by atoms with Crippen molar-refractivity contribution in [3.8, 4) is 0 Å². The third-order valence-corrected chi connectivity index (χ3v) is 4.08. The molecule has 0 bridgehead atoms. The largest absolute Gasteiger partial charge is 0.397 e. The van der Waals surface area contributed by atoms with Crippen LogP contribution in [0.25, 0.3) is 0 Å². The van der Waals surface area contributed by atoms with Gasteiger partial charge >= 0.3 is 0 Å². The van der Waals surface area contributed by atoms with Gasteiger partial charge in [-0.25, -0.2) is 0 Å². The maximum absolute atomic E-state index is 11.5. The molecule has 1 aliphatic rings. The van der Waals surface area contributed by atoms with Crippen molar-refractivity contribution in [1.29, 1.82) is 0 Å². The first-order valence-corrected chi connectivity index (χ1v) is 6.99. The van der Waals surface area contributed by atoms with Crippen molar-refractivity contribution < 1.29 is 9.53 Å². The van der Waals surface area contributed by atoms with Crippen LogP contribution in [0, 0.1) is 0 Å². The maximum Gasteiger partial charge on any atom is 0.263 e. The molecule has 0 aromatic carbocycles. The van der Waals surface area contributed by atoms with Crippen LogP contribution in [0.2, 0.25) is 0 Å². The van der Waals surface area contributed by atoms with Gasteiger partial charge in [-0.05, 0) is 25.3 Å². The molecule has 0 saturated carbocycles. The highest BCUT2D eigenvalue weighted by atomic mass is 32.1. The normalized spacial score (nSPS) is 19.5. The lowest BCUT2D eigenvalue weighted by molar-refractivity contribution is 0.0248. The van der Waals surface area contributed by atoms with Gasteiger partial charge in [-0.1, -0.05) is 0 Å². The Morgan fingerprint density at radius 1 is 1.61 bits per heavy atom. The summed E-state index contributed by atoms with van der Waals surface area (Å²) in [6.07, 6.45) is 3.74. The lowest BCUT2D eigenvalue weighted by atomic mass is 10.1. The lowest BCUT2D eigenvalue weighted by Crippen LogP contribution is -2.26. The van der Waals surface area contributed by atoms with Crippen molar-refractivity contribution in [2.45, 2.75) is 25.4 Å². The number of amides is 1. The third kappa shape index (κ3) is 3.14. The van der Waals surface area contributed by atoms with Gasteiger partial charge < -0.3 is 21.1 Å². The molecule has 1 unspecified atom stereocenters. The number of carbonyl (C=O) groups is 1. The molecule has 6 heteroatoms. The molecule has 2 rings (SSSR count). The molecule has 1 aromatic rings. The van der Waals surface area contributed by atoms with Crippen LogP contribution in [-0.2, 0) is 4.74 Å². The Hall–Kier alpha value is -1.27. The second-order valence-corrected chi connectivity index (χ2v) is 5.40. The average molecular weight is 269 g/mol. The quantitative estimate of drug-likeness (QED) is 0.777. The predicted molar refractivity (Wildman–Crippen MR) is 74.2 cm³/mol. The summed E-state index contributed by atoms with van der Waals surface area (Å²) in [4.78, 5) is 12.1. The minimum Gasteiger partial charge on any atom is -0.397 e. The van der Waals surface area contributed by atoms with Gasteiger partial charge in [0.1, 0.15) is 4.88 Å². The van der Waals surface area contributed by atoms with Gasteiger partial charge in [-0.15, -0.1) is 11.3 Å². The molecule has 18 heavy (non-hydrogen) atoms. The number of ether oxygens (including phenoxy) is 1. The molecular weight excluding hydrogens is 250 g/mol. The monoisotopic (exact) mass is 269 g/mol. The molecule has 2 heterocycles. The van der Waals surface area contributed by atoms with Crippen molar-refractivity contribution >= 4 is 27.9 Å². The van der Waals surface area contributed by atoms with Crippen molar-refractivity contribution in [1.82, 2.24) is 5.32 Å². The molecule has 0 aliphatic carbocycles. The first-order valence-electron chi connectivity index (χ1n) is 6.17. The molecule has 1 aliphatic heterocycles. The highest BCUT2D eigenvalue weighted by molar-refractivity contribution is 7.18. The van der Waals surface area contributed by atoms with Crippen LogP contribution in [0.3, 0.4) is 0 Å². The summed E-state index contributed by atoms with van der Waals surface area (Å²) < 4.78 is 5.64. The molecule has 1 atom stereocenters. The van der Waals surface area contributed by atoms with E-state index in [9.17, 15) is 4.79 Å². The second kappa shape index (κ2) is 6.06. The molecular formula is C12H19N3O2S. The molecule has 0 radical (unpaired) electrons. The van der Waals surface area contributed by atoms with Crippen LogP contribution in [0.5, 0.6) is 0 Å². The van der Waals surface area contributed by atoms with Crippen LogP contribution in [-0.4, -0.2) is 32.2 Å². The van der Waals surface area contributed by atoms with Gasteiger partial charge in [-0.2, -0.15) is 0 Å². The number of nitrogens with one attached hydrogen (secondary N) is 2. The van der Waals surface area contributed by atoms with Gasteiger partial charge in [0.15, 0.2) is 0 Å². The summed E-state index contributed by atoms with van der Waals surface area (Å²) in [6, 6.07) is 1.80. The zero-order valence-corrected chi connectivity index (χ0v) is 11.3. The number of hydrogen-bond donors (Lipinski definition) is 3. The first-order chi connectivity index (χ1) is 8.70. The SMILES string of the molecule is CNC(=O)c1sc(NCC2CCCCO2)cc1N. The molecule has 1 aromatic heterocycles. The Labute approximate surface area is 111 Å². The van der Waals surface area contributed by atoms with Gasteiger partial charge in [0.05, 0.1) is 16.8 Å². The Bertz CT molecular complexity index is 413.